The Morgan fingerprint density at radius 3 is 2.88 bits per heavy atom. The highest BCUT2D eigenvalue weighted by Crippen LogP contribution is 2.47. The van der Waals surface area contributed by atoms with Crippen molar-refractivity contribution < 1.29 is 9.21 Å². The summed E-state index contributed by atoms with van der Waals surface area (Å²) in [4.78, 5) is 25.7. The van der Waals surface area contributed by atoms with E-state index in [1.54, 1.807) is 18.2 Å². The van der Waals surface area contributed by atoms with Gasteiger partial charge in [-0.1, -0.05) is 0 Å². The zero-order valence-electron chi connectivity index (χ0n) is 9.16. The van der Waals surface area contributed by atoms with Gasteiger partial charge in [0.1, 0.15) is 0 Å². The average Bonchev–Trinajstić information content (AvgIpc) is 3.03. The maximum atomic E-state index is 12.2. The molecule has 3 N–H and O–H groups in total. The van der Waals surface area contributed by atoms with Crippen molar-refractivity contribution >= 4 is 16.9 Å². The fourth-order valence-electron chi connectivity index (χ4n) is 2.07. The number of H-pyrrole nitrogens is 1. The van der Waals surface area contributed by atoms with E-state index in [2.05, 4.69) is 4.98 Å². The Balaban J connectivity index is 2.06. The van der Waals surface area contributed by atoms with Crippen molar-refractivity contribution in [2.45, 2.75) is 12.8 Å². The number of hydrogen-bond acceptors (Lipinski definition) is 4. The minimum absolute atomic E-state index is 0.0470. The molecule has 0 atom stereocenters. The van der Waals surface area contributed by atoms with Crippen LogP contribution in [0.15, 0.2) is 27.4 Å². The van der Waals surface area contributed by atoms with Crippen molar-refractivity contribution in [3.63, 3.8) is 0 Å². The number of carbonyl (C=O) groups excluding carboxylic acids is 1. The van der Waals surface area contributed by atoms with Crippen LogP contribution in [0.5, 0.6) is 0 Å². The SMILES string of the molecule is NCC1(C(=O)c2ccc3[nH]c(=O)oc3c2)CC1. The number of ketones is 1. The summed E-state index contributed by atoms with van der Waals surface area (Å²) in [6, 6.07) is 4.98. The molecule has 0 saturated heterocycles. The molecule has 1 fully saturated rings. The van der Waals surface area contributed by atoms with Crippen LogP contribution < -0.4 is 11.5 Å². The molecule has 2 aromatic rings. The van der Waals surface area contributed by atoms with Gasteiger partial charge in [-0.05, 0) is 31.0 Å². The van der Waals surface area contributed by atoms with Crippen LogP contribution in [0.3, 0.4) is 0 Å². The Hall–Kier alpha value is -1.88. The maximum absolute atomic E-state index is 12.2. The summed E-state index contributed by atoms with van der Waals surface area (Å²) >= 11 is 0. The Morgan fingerprint density at radius 1 is 1.47 bits per heavy atom. The number of nitrogens with one attached hydrogen (secondary N) is 1. The van der Waals surface area contributed by atoms with Gasteiger partial charge >= 0.3 is 5.76 Å². The van der Waals surface area contributed by atoms with Crippen LogP contribution in [0.1, 0.15) is 23.2 Å². The highest BCUT2D eigenvalue weighted by Gasteiger charge is 2.48. The maximum Gasteiger partial charge on any atom is 0.417 e. The first-order valence-corrected chi connectivity index (χ1v) is 5.52. The number of benzene rings is 1. The van der Waals surface area contributed by atoms with Crippen LogP contribution in [0.2, 0.25) is 0 Å². The van der Waals surface area contributed by atoms with Gasteiger partial charge in [0.15, 0.2) is 11.4 Å². The molecule has 1 aliphatic rings. The van der Waals surface area contributed by atoms with Crippen molar-refractivity contribution in [1.29, 1.82) is 0 Å². The second-order valence-electron chi connectivity index (χ2n) is 4.54. The van der Waals surface area contributed by atoms with Gasteiger partial charge in [0, 0.05) is 17.5 Å². The van der Waals surface area contributed by atoms with Gasteiger partial charge in [-0.15, -0.1) is 0 Å². The zero-order valence-corrected chi connectivity index (χ0v) is 9.16. The lowest BCUT2D eigenvalue weighted by atomic mass is 9.95. The predicted octanol–water partition coefficient (Wildman–Crippen LogP) is 1.04. The molecule has 1 heterocycles. The number of rotatable bonds is 3. The molecule has 0 bridgehead atoms. The molecule has 17 heavy (non-hydrogen) atoms. The summed E-state index contributed by atoms with van der Waals surface area (Å²) in [7, 11) is 0. The molecule has 0 unspecified atom stereocenters. The topological polar surface area (TPSA) is 89.1 Å². The van der Waals surface area contributed by atoms with E-state index in [-0.39, 0.29) is 11.2 Å². The molecule has 1 aromatic carbocycles. The van der Waals surface area contributed by atoms with E-state index >= 15 is 0 Å². The lowest BCUT2D eigenvalue weighted by Gasteiger charge is -2.10. The van der Waals surface area contributed by atoms with Crippen LogP contribution in [-0.4, -0.2) is 17.3 Å². The molecule has 88 valence electrons. The smallest absolute Gasteiger partial charge is 0.408 e. The standard InChI is InChI=1S/C12H12N2O3/c13-6-12(3-4-12)10(15)7-1-2-8-9(5-7)17-11(16)14-8/h1-2,5H,3-4,6,13H2,(H,14,16). The highest BCUT2D eigenvalue weighted by molar-refractivity contribution is 6.04. The predicted molar refractivity (Wildman–Crippen MR) is 61.9 cm³/mol. The number of Topliss-reactive ketones (excluding diaryl/α,β-unsaturated/α-hetero) is 1. The zero-order chi connectivity index (χ0) is 12.0. The number of carbonyl (C=O) groups is 1. The van der Waals surface area contributed by atoms with Crippen LogP contribution in [0, 0.1) is 5.41 Å². The monoisotopic (exact) mass is 232 g/mol. The Morgan fingerprint density at radius 2 is 2.24 bits per heavy atom. The van der Waals surface area contributed by atoms with E-state index in [1.807, 2.05) is 0 Å². The van der Waals surface area contributed by atoms with E-state index in [9.17, 15) is 9.59 Å². The van der Waals surface area contributed by atoms with Crippen LogP contribution in [0.4, 0.5) is 0 Å². The van der Waals surface area contributed by atoms with Crippen molar-refractivity contribution in [2.75, 3.05) is 6.54 Å². The van der Waals surface area contributed by atoms with E-state index in [0.717, 1.165) is 12.8 Å². The average molecular weight is 232 g/mol. The second-order valence-corrected chi connectivity index (χ2v) is 4.54. The molecule has 5 heteroatoms. The molecule has 0 radical (unpaired) electrons. The first kappa shape index (κ1) is 10.3. The number of fused-ring (bicyclic) bond motifs is 1. The Bertz CT molecular complexity index is 649. The first-order chi connectivity index (χ1) is 8.14. The van der Waals surface area contributed by atoms with E-state index in [1.165, 1.54) is 0 Å². The van der Waals surface area contributed by atoms with Gasteiger partial charge in [-0.2, -0.15) is 0 Å². The normalized spacial score (nSPS) is 17.2. The third-order valence-electron chi connectivity index (χ3n) is 3.41. The summed E-state index contributed by atoms with van der Waals surface area (Å²) in [5.74, 6) is -0.463. The number of nitrogens with two attached hydrogens (primary N) is 1. The number of aromatic amines is 1. The number of aromatic nitrogens is 1. The first-order valence-electron chi connectivity index (χ1n) is 5.52. The van der Waals surface area contributed by atoms with Crippen LogP contribution in [-0.2, 0) is 0 Å². The van der Waals surface area contributed by atoms with Gasteiger partial charge in [0.2, 0.25) is 0 Å². The highest BCUT2D eigenvalue weighted by atomic mass is 16.4. The van der Waals surface area contributed by atoms with Gasteiger partial charge in [0.05, 0.1) is 5.52 Å². The summed E-state index contributed by atoms with van der Waals surface area (Å²) in [6.45, 7) is 0.376. The summed E-state index contributed by atoms with van der Waals surface area (Å²) in [5, 5.41) is 0. The fourth-order valence-corrected chi connectivity index (χ4v) is 2.07. The lowest BCUT2D eigenvalue weighted by molar-refractivity contribution is 0.0905. The third-order valence-corrected chi connectivity index (χ3v) is 3.41. The fraction of sp³-hybridized carbons (Fsp3) is 0.333. The number of hydrogen-bond donors (Lipinski definition) is 2. The van der Waals surface area contributed by atoms with Crippen LogP contribution in [0.25, 0.3) is 11.1 Å². The molecule has 1 aliphatic carbocycles. The molecule has 3 rings (SSSR count). The lowest BCUT2D eigenvalue weighted by Crippen LogP contribution is -2.25. The quantitative estimate of drug-likeness (QED) is 0.774. The molecular weight excluding hydrogens is 220 g/mol. The van der Waals surface area contributed by atoms with Crippen molar-refractivity contribution in [3.8, 4) is 0 Å². The van der Waals surface area contributed by atoms with E-state index in [0.29, 0.717) is 23.2 Å². The summed E-state index contributed by atoms with van der Waals surface area (Å²) in [5.41, 5.74) is 6.82. The largest absolute Gasteiger partial charge is 0.417 e. The Kier molecular flexibility index (Phi) is 2.00. The molecular formula is C12H12N2O3. The number of oxazole rings is 1. The third kappa shape index (κ3) is 1.51. The second kappa shape index (κ2) is 3.30. The van der Waals surface area contributed by atoms with E-state index < -0.39 is 5.76 Å². The van der Waals surface area contributed by atoms with Crippen molar-refractivity contribution in [2.24, 2.45) is 11.1 Å². The molecule has 0 amide bonds. The molecule has 1 saturated carbocycles. The summed E-state index contributed by atoms with van der Waals surface area (Å²) < 4.78 is 4.93. The van der Waals surface area contributed by atoms with Gasteiger partial charge < -0.3 is 10.2 Å². The minimum Gasteiger partial charge on any atom is -0.408 e. The van der Waals surface area contributed by atoms with Gasteiger partial charge in [-0.25, -0.2) is 4.79 Å². The van der Waals surface area contributed by atoms with Crippen LogP contribution >= 0.6 is 0 Å². The van der Waals surface area contributed by atoms with Crippen molar-refractivity contribution in [1.82, 2.24) is 4.98 Å². The van der Waals surface area contributed by atoms with Crippen molar-refractivity contribution in [3.05, 3.63) is 34.3 Å². The summed E-state index contributed by atoms with van der Waals surface area (Å²) in [6.07, 6.45) is 1.69. The molecule has 0 spiro atoms. The van der Waals surface area contributed by atoms with Gasteiger partial charge in [0.25, 0.3) is 0 Å². The molecule has 1 aromatic heterocycles. The Labute approximate surface area is 96.6 Å². The molecule has 0 aliphatic heterocycles. The minimum atomic E-state index is -0.510. The molecule has 5 nitrogen and oxygen atoms in total. The van der Waals surface area contributed by atoms with E-state index in [4.69, 9.17) is 10.2 Å². The van der Waals surface area contributed by atoms with Gasteiger partial charge in [-0.3, -0.25) is 9.78 Å².